The van der Waals surface area contributed by atoms with E-state index in [0.29, 0.717) is 11.8 Å². The van der Waals surface area contributed by atoms with E-state index in [-0.39, 0.29) is 5.91 Å². The van der Waals surface area contributed by atoms with Crippen LogP contribution < -0.4 is 0 Å². The highest BCUT2D eigenvalue weighted by atomic mass is 32.2. The molecule has 1 aliphatic carbocycles. The van der Waals surface area contributed by atoms with Crippen molar-refractivity contribution < 1.29 is 4.79 Å². The molecule has 4 nitrogen and oxygen atoms in total. The van der Waals surface area contributed by atoms with Crippen molar-refractivity contribution in [3.8, 4) is 0 Å². The van der Waals surface area contributed by atoms with Gasteiger partial charge in [0.2, 0.25) is 5.91 Å². The number of thiophene rings is 1. The first kappa shape index (κ1) is 17.3. The molecule has 2 aliphatic rings. The third kappa shape index (κ3) is 3.43. The Labute approximate surface area is 157 Å². The zero-order valence-corrected chi connectivity index (χ0v) is 16.6. The monoisotopic (exact) mass is 375 g/mol. The number of carbonyl (C=O) groups excluding carboxylic acids is 1. The van der Waals surface area contributed by atoms with Crippen LogP contribution in [0, 0.1) is 5.92 Å². The molecule has 1 fully saturated rings. The summed E-state index contributed by atoms with van der Waals surface area (Å²) >= 11 is 3.42. The molecule has 1 aliphatic heterocycles. The van der Waals surface area contributed by atoms with Gasteiger partial charge in [0.15, 0.2) is 0 Å². The Morgan fingerprint density at radius 3 is 3.04 bits per heavy atom. The Morgan fingerprint density at radius 2 is 2.20 bits per heavy atom. The van der Waals surface area contributed by atoms with Gasteiger partial charge in [-0.05, 0) is 56.9 Å². The summed E-state index contributed by atoms with van der Waals surface area (Å²) in [6.07, 6.45) is 8.68. The van der Waals surface area contributed by atoms with Crippen LogP contribution in [0.15, 0.2) is 11.4 Å². The SMILES string of the molecule is C[C@@H]1CCc2c(sc3ncnc(SCC(=O)N4CCCC[C@@H]4C)c23)C1. The fourth-order valence-corrected chi connectivity index (χ4v) is 6.36. The molecule has 6 heteroatoms. The van der Waals surface area contributed by atoms with Crippen molar-refractivity contribution in [2.24, 2.45) is 5.92 Å². The van der Waals surface area contributed by atoms with E-state index in [1.54, 1.807) is 18.1 Å². The van der Waals surface area contributed by atoms with Crippen molar-refractivity contribution in [1.82, 2.24) is 14.9 Å². The van der Waals surface area contributed by atoms with Gasteiger partial charge in [0.1, 0.15) is 16.2 Å². The van der Waals surface area contributed by atoms with Crippen LogP contribution in [0.1, 0.15) is 50.0 Å². The van der Waals surface area contributed by atoms with Crippen molar-refractivity contribution in [3.05, 3.63) is 16.8 Å². The largest absolute Gasteiger partial charge is 0.339 e. The predicted molar refractivity (Wildman–Crippen MR) is 104 cm³/mol. The number of likely N-dealkylation sites (tertiary alicyclic amines) is 1. The van der Waals surface area contributed by atoms with Gasteiger partial charge < -0.3 is 4.90 Å². The molecule has 0 N–H and O–H groups in total. The van der Waals surface area contributed by atoms with Crippen LogP contribution in [0.4, 0.5) is 0 Å². The average Bonchev–Trinajstić information content (AvgIpc) is 2.98. The maximum Gasteiger partial charge on any atom is 0.233 e. The van der Waals surface area contributed by atoms with E-state index in [9.17, 15) is 4.79 Å². The number of fused-ring (bicyclic) bond motifs is 3. The molecule has 134 valence electrons. The van der Waals surface area contributed by atoms with Crippen LogP contribution in [0.5, 0.6) is 0 Å². The number of hydrogen-bond donors (Lipinski definition) is 0. The van der Waals surface area contributed by atoms with Crippen LogP contribution in [0.25, 0.3) is 10.2 Å². The van der Waals surface area contributed by atoms with Crippen LogP contribution in [-0.4, -0.2) is 39.1 Å². The van der Waals surface area contributed by atoms with Gasteiger partial charge in [-0.1, -0.05) is 18.7 Å². The molecule has 1 saturated heterocycles. The number of rotatable bonds is 3. The van der Waals surface area contributed by atoms with E-state index in [1.807, 2.05) is 11.3 Å². The Balaban J connectivity index is 1.54. The summed E-state index contributed by atoms with van der Waals surface area (Å²) in [5, 5.41) is 2.22. The Hall–Kier alpha value is -1.14. The van der Waals surface area contributed by atoms with Gasteiger partial charge >= 0.3 is 0 Å². The molecule has 0 bridgehead atoms. The van der Waals surface area contributed by atoms with E-state index in [1.165, 1.54) is 28.7 Å². The number of amides is 1. The van der Waals surface area contributed by atoms with Gasteiger partial charge in [-0.3, -0.25) is 4.79 Å². The number of carbonyl (C=O) groups is 1. The molecule has 2 aromatic rings. The summed E-state index contributed by atoms with van der Waals surface area (Å²) in [7, 11) is 0. The lowest BCUT2D eigenvalue weighted by molar-refractivity contribution is -0.131. The number of nitrogens with zero attached hydrogens (tertiary/aromatic N) is 3. The first-order valence-corrected chi connectivity index (χ1v) is 11.1. The van der Waals surface area contributed by atoms with Crippen LogP contribution >= 0.6 is 23.1 Å². The lowest BCUT2D eigenvalue weighted by Crippen LogP contribution is -2.42. The summed E-state index contributed by atoms with van der Waals surface area (Å²) in [4.78, 5) is 26.3. The second-order valence-electron chi connectivity index (χ2n) is 7.43. The zero-order valence-electron chi connectivity index (χ0n) is 15.0. The molecule has 0 aromatic carbocycles. The van der Waals surface area contributed by atoms with E-state index >= 15 is 0 Å². The normalized spacial score (nSPS) is 23.7. The number of aryl methyl sites for hydroxylation is 1. The third-order valence-electron chi connectivity index (χ3n) is 5.51. The molecule has 2 aromatic heterocycles. The van der Waals surface area contributed by atoms with Crippen molar-refractivity contribution in [2.45, 2.75) is 63.4 Å². The van der Waals surface area contributed by atoms with Crippen molar-refractivity contribution in [2.75, 3.05) is 12.3 Å². The molecule has 25 heavy (non-hydrogen) atoms. The van der Waals surface area contributed by atoms with Gasteiger partial charge in [0.05, 0.1) is 5.75 Å². The maximum atomic E-state index is 12.7. The van der Waals surface area contributed by atoms with E-state index in [2.05, 4.69) is 28.7 Å². The van der Waals surface area contributed by atoms with Crippen molar-refractivity contribution in [3.63, 3.8) is 0 Å². The van der Waals surface area contributed by atoms with Gasteiger partial charge in [-0.25, -0.2) is 9.97 Å². The minimum atomic E-state index is 0.252. The molecule has 0 saturated carbocycles. The summed E-state index contributed by atoms with van der Waals surface area (Å²) in [5.74, 6) is 1.49. The zero-order chi connectivity index (χ0) is 17.4. The lowest BCUT2D eigenvalue weighted by Gasteiger charge is -2.33. The number of piperidine rings is 1. The minimum absolute atomic E-state index is 0.252. The number of aromatic nitrogens is 2. The molecule has 2 atom stereocenters. The van der Waals surface area contributed by atoms with E-state index in [4.69, 9.17) is 0 Å². The molecular weight excluding hydrogens is 350 g/mol. The first-order chi connectivity index (χ1) is 12.1. The average molecular weight is 376 g/mol. The van der Waals surface area contributed by atoms with Gasteiger partial charge in [-0.2, -0.15) is 0 Å². The summed E-state index contributed by atoms with van der Waals surface area (Å²) in [6.45, 7) is 5.40. The fourth-order valence-electron chi connectivity index (χ4n) is 4.04. The highest BCUT2D eigenvalue weighted by Crippen LogP contribution is 2.40. The molecule has 0 unspecified atom stereocenters. The number of hydrogen-bond acceptors (Lipinski definition) is 5. The molecule has 0 spiro atoms. The van der Waals surface area contributed by atoms with Gasteiger partial charge in [-0.15, -0.1) is 11.3 Å². The standard InChI is InChI=1S/C19H25N3OS2/c1-12-6-7-14-15(9-12)25-19-17(14)18(20-11-21-19)24-10-16(23)22-8-4-3-5-13(22)2/h11-13H,3-10H2,1-2H3/t12-,13+/m1/s1. The highest BCUT2D eigenvalue weighted by molar-refractivity contribution is 8.00. The molecule has 4 rings (SSSR count). The smallest absolute Gasteiger partial charge is 0.233 e. The quantitative estimate of drug-likeness (QED) is 0.592. The topological polar surface area (TPSA) is 46.1 Å². The Kier molecular flexibility index (Phi) is 5.00. The third-order valence-corrected chi connectivity index (χ3v) is 7.65. The molecular formula is C19H25N3OS2. The minimum Gasteiger partial charge on any atom is -0.339 e. The first-order valence-electron chi connectivity index (χ1n) is 9.31. The van der Waals surface area contributed by atoms with Gasteiger partial charge in [0.25, 0.3) is 0 Å². The maximum absolute atomic E-state index is 12.7. The molecule has 0 radical (unpaired) electrons. The summed E-state index contributed by atoms with van der Waals surface area (Å²) in [5.41, 5.74) is 1.44. The second-order valence-corrected chi connectivity index (χ2v) is 9.48. The van der Waals surface area contributed by atoms with Gasteiger partial charge in [0, 0.05) is 22.8 Å². The predicted octanol–water partition coefficient (Wildman–Crippen LogP) is 4.31. The van der Waals surface area contributed by atoms with Crippen LogP contribution in [0.2, 0.25) is 0 Å². The number of thioether (sulfide) groups is 1. The Bertz CT molecular complexity index is 788. The molecule has 3 heterocycles. The Morgan fingerprint density at radius 1 is 1.32 bits per heavy atom. The van der Waals surface area contributed by atoms with Crippen molar-refractivity contribution in [1.29, 1.82) is 0 Å². The summed E-state index contributed by atoms with van der Waals surface area (Å²) in [6, 6.07) is 0.377. The van der Waals surface area contributed by atoms with E-state index in [0.717, 1.165) is 48.0 Å². The van der Waals surface area contributed by atoms with Crippen molar-refractivity contribution >= 4 is 39.2 Å². The molecule has 1 amide bonds. The van der Waals surface area contributed by atoms with Crippen LogP contribution in [0.3, 0.4) is 0 Å². The van der Waals surface area contributed by atoms with Crippen LogP contribution in [-0.2, 0) is 17.6 Å². The van der Waals surface area contributed by atoms with E-state index < -0.39 is 0 Å². The second kappa shape index (κ2) is 7.23. The lowest BCUT2D eigenvalue weighted by atomic mass is 9.89. The fraction of sp³-hybridized carbons (Fsp3) is 0.632. The highest BCUT2D eigenvalue weighted by Gasteiger charge is 2.25. The summed E-state index contributed by atoms with van der Waals surface area (Å²) < 4.78 is 0.